The molecule has 6 heteroatoms. The van der Waals surface area contributed by atoms with Gasteiger partial charge in [-0.05, 0) is 25.7 Å². The highest BCUT2D eigenvalue weighted by atomic mass is 16.5. The van der Waals surface area contributed by atoms with Crippen LogP contribution in [0.15, 0.2) is 4.52 Å². The van der Waals surface area contributed by atoms with Crippen molar-refractivity contribution in [3.05, 3.63) is 11.7 Å². The number of urea groups is 1. The molecule has 2 amide bonds. The summed E-state index contributed by atoms with van der Waals surface area (Å²) < 4.78 is 5.18. The van der Waals surface area contributed by atoms with Gasteiger partial charge in [0.05, 0.1) is 6.54 Å². The first kappa shape index (κ1) is 11.5. The predicted octanol–water partition coefficient (Wildman–Crippen LogP) is 1.59. The lowest BCUT2D eigenvalue weighted by Gasteiger charge is -2.22. The van der Waals surface area contributed by atoms with Crippen LogP contribution in [0.25, 0.3) is 0 Å². The number of amides is 2. The molecule has 1 saturated carbocycles. The number of likely N-dealkylation sites (tertiary alicyclic amines) is 1. The van der Waals surface area contributed by atoms with Gasteiger partial charge < -0.3 is 14.3 Å². The number of carbonyl (C=O) groups is 1. The van der Waals surface area contributed by atoms with Crippen LogP contribution < -0.4 is 0 Å². The van der Waals surface area contributed by atoms with Crippen molar-refractivity contribution in [1.29, 1.82) is 0 Å². The van der Waals surface area contributed by atoms with E-state index < -0.39 is 0 Å². The molecule has 1 saturated heterocycles. The molecular formula is C12H18N4O2. The molecule has 0 N–H and O–H groups in total. The molecule has 0 radical (unpaired) electrons. The van der Waals surface area contributed by atoms with E-state index in [1.807, 2.05) is 4.90 Å². The van der Waals surface area contributed by atoms with E-state index in [0.29, 0.717) is 18.3 Å². The van der Waals surface area contributed by atoms with Crippen LogP contribution >= 0.6 is 0 Å². The SMILES string of the molecule is CN(Cc1noc(C2CC2)n1)C(=O)N1CCCC1. The maximum Gasteiger partial charge on any atom is 0.320 e. The molecule has 0 aromatic carbocycles. The van der Waals surface area contributed by atoms with Crippen LogP contribution in [-0.4, -0.2) is 46.1 Å². The molecule has 18 heavy (non-hydrogen) atoms. The van der Waals surface area contributed by atoms with E-state index in [9.17, 15) is 4.79 Å². The zero-order valence-corrected chi connectivity index (χ0v) is 10.6. The smallest absolute Gasteiger partial charge is 0.320 e. The first-order chi connectivity index (χ1) is 8.74. The van der Waals surface area contributed by atoms with Crippen molar-refractivity contribution >= 4 is 6.03 Å². The Kier molecular flexibility index (Phi) is 2.93. The number of nitrogens with zero attached hydrogens (tertiary/aromatic N) is 4. The Morgan fingerprint density at radius 2 is 2.17 bits per heavy atom. The van der Waals surface area contributed by atoms with Crippen LogP contribution in [0.5, 0.6) is 0 Å². The summed E-state index contributed by atoms with van der Waals surface area (Å²) in [6.45, 7) is 2.15. The largest absolute Gasteiger partial charge is 0.339 e. The van der Waals surface area contributed by atoms with E-state index in [1.165, 1.54) is 0 Å². The molecule has 2 heterocycles. The fraction of sp³-hybridized carbons (Fsp3) is 0.750. The zero-order valence-electron chi connectivity index (χ0n) is 10.6. The Morgan fingerprint density at radius 3 is 2.83 bits per heavy atom. The van der Waals surface area contributed by atoms with E-state index in [0.717, 1.165) is 44.7 Å². The van der Waals surface area contributed by atoms with Gasteiger partial charge in [-0.25, -0.2) is 4.79 Å². The third-order valence-corrected chi connectivity index (χ3v) is 3.49. The van der Waals surface area contributed by atoms with Crippen LogP contribution in [0.4, 0.5) is 4.79 Å². The van der Waals surface area contributed by atoms with E-state index >= 15 is 0 Å². The second kappa shape index (κ2) is 4.59. The topological polar surface area (TPSA) is 62.5 Å². The van der Waals surface area contributed by atoms with E-state index in [2.05, 4.69) is 10.1 Å². The van der Waals surface area contributed by atoms with Crippen LogP contribution in [0.1, 0.15) is 43.3 Å². The summed E-state index contributed by atoms with van der Waals surface area (Å²) in [5.74, 6) is 1.80. The van der Waals surface area contributed by atoms with Crippen LogP contribution in [0.2, 0.25) is 0 Å². The second-order valence-electron chi connectivity index (χ2n) is 5.16. The number of carbonyl (C=O) groups excluding carboxylic acids is 1. The van der Waals surface area contributed by atoms with Gasteiger partial charge in [-0.1, -0.05) is 5.16 Å². The number of hydrogen-bond donors (Lipinski definition) is 0. The summed E-state index contributed by atoms with van der Waals surface area (Å²) in [4.78, 5) is 19.9. The molecule has 0 bridgehead atoms. The number of rotatable bonds is 3. The minimum absolute atomic E-state index is 0.0604. The third-order valence-electron chi connectivity index (χ3n) is 3.49. The molecule has 2 fully saturated rings. The fourth-order valence-electron chi connectivity index (χ4n) is 2.26. The predicted molar refractivity (Wildman–Crippen MR) is 63.9 cm³/mol. The van der Waals surface area contributed by atoms with Crippen molar-refractivity contribution in [2.24, 2.45) is 0 Å². The van der Waals surface area contributed by atoms with Gasteiger partial charge in [0, 0.05) is 26.1 Å². The van der Waals surface area contributed by atoms with Gasteiger partial charge in [0.2, 0.25) is 5.89 Å². The van der Waals surface area contributed by atoms with Crippen molar-refractivity contribution in [2.45, 2.75) is 38.1 Å². The first-order valence-electron chi connectivity index (χ1n) is 6.56. The normalized spacial score (nSPS) is 19.3. The highest BCUT2D eigenvalue weighted by Crippen LogP contribution is 2.38. The van der Waals surface area contributed by atoms with Gasteiger partial charge in [0.15, 0.2) is 5.82 Å². The van der Waals surface area contributed by atoms with Gasteiger partial charge in [-0.2, -0.15) is 4.98 Å². The number of hydrogen-bond acceptors (Lipinski definition) is 4. The maximum absolute atomic E-state index is 12.1. The van der Waals surface area contributed by atoms with E-state index in [1.54, 1.807) is 11.9 Å². The average Bonchev–Trinajstić information content (AvgIpc) is 2.91. The van der Waals surface area contributed by atoms with Crippen molar-refractivity contribution in [1.82, 2.24) is 19.9 Å². The van der Waals surface area contributed by atoms with Crippen molar-refractivity contribution in [2.75, 3.05) is 20.1 Å². The molecule has 6 nitrogen and oxygen atoms in total. The quantitative estimate of drug-likeness (QED) is 0.817. The fourth-order valence-corrected chi connectivity index (χ4v) is 2.26. The molecule has 0 atom stereocenters. The van der Waals surface area contributed by atoms with Crippen molar-refractivity contribution in [3.8, 4) is 0 Å². The Bertz CT molecular complexity index is 435. The average molecular weight is 250 g/mol. The summed E-state index contributed by atoms with van der Waals surface area (Å²) in [7, 11) is 1.79. The molecular weight excluding hydrogens is 232 g/mol. The lowest BCUT2D eigenvalue weighted by Crippen LogP contribution is -2.39. The molecule has 3 rings (SSSR count). The number of aromatic nitrogens is 2. The highest BCUT2D eigenvalue weighted by Gasteiger charge is 2.30. The van der Waals surface area contributed by atoms with Crippen LogP contribution in [0, 0.1) is 0 Å². The summed E-state index contributed by atoms with van der Waals surface area (Å²) in [6, 6.07) is 0.0604. The summed E-state index contributed by atoms with van der Waals surface area (Å²) in [6.07, 6.45) is 4.50. The van der Waals surface area contributed by atoms with Crippen molar-refractivity contribution in [3.63, 3.8) is 0 Å². The van der Waals surface area contributed by atoms with E-state index in [4.69, 9.17) is 4.52 Å². The lowest BCUT2D eigenvalue weighted by molar-refractivity contribution is 0.169. The third kappa shape index (κ3) is 2.32. The molecule has 1 aromatic heterocycles. The maximum atomic E-state index is 12.1. The summed E-state index contributed by atoms with van der Waals surface area (Å²) in [5.41, 5.74) is 0. The van der Waals surface area contributed by atoms with Gasteiger partial charge >= 0.3 is 6.03 Å². The monoisotopic (exact) mass is 250 g/mol. The van der Waals surface area contributed by atoms with Gasteiger partial charge in [0.1, 0.15) is 0 Å². The molecule has 0 spiro atoms. The van der Waals surface area contributed by atoms with Crippen LogP contribution in [-0.2, 0) is 6.54 Å². The van der Waals surface area contributed by atoms with Gasteiger partial charge in [0.25, 0.3) is 0 Å². The van der Waals surface area contributed by atoms with Gasteiger partial charge in [-0.3, -0.25) is 0 Å². The van der Waals surface area contributed by atoms with Crippen molar-refractivity contribution < 1.29 is 9.32 Å². The Balaban J connectivity index is 1.58. The summed E-state index contributed by atoms with van der Waals surface area (Å²) in [5, 5.41) is 3.93. The van der Waals surface area contributed by atoms with E-state index in [-0.39, 0.29) is 6.03 Å². The molecule has 1 aliphatic heterocycles. The summed E-state index contributed by atoms with van der Waals surface area (Å²) >= 11 is 0. The standard InChI is InChI=1S/C12H18N4O2/c1-15(12(17)16-6-2-3-7-16)8-10-13-11(18-14-10)9-4-5-9/h9H,2-8H2,1H3. The Hall–Kier alpha value is -1.59. The van der Waals surface area contributed by atoms with Crippen LogP contribution in [0.3, 0.4) is 0 Å². The molecule has 2 aliphatic rings. The Morgan fingerprint density at radius 1 is 1.44 bits per heavy atom. The lowest BCUT2D eigenvalue weighted by atomic mass is 10.4. The minimum Gasteiger partial charge on any atom is -0.339 e. The zero-order chi connectivity index (χ0) is 12.5. The highest BCUT2D eigenvalue weighted by molar-refractivity contribution is 5.74. The molecule has 98 valence electrons. The molecule has 1 aromatic rings. The second-order valence-corrected chi connectivity index (χ2v) is 5.16. The molecule has 1 aliphatic carbocycles. The first-order valence-corrected chi connectivity index (χ1v) is 6.56. The Labute approximate surface area is 106 Å². The van der Waals surface area contributed by atoms with Gasteiger partial charge in [-0.15, -0.1) is 0 Å². The molecule has 0 unspecified atom stereocenters. The minimum atomic E-state index is 0.0604.